The van der Waals surface area contributed by atoms with E-state index in [1.807, 2.05) is 6.08 Å². The molecule has 6 nitrogen and oxygen atoms in total. The molecule has 0 heterocycles. The minimum absolute atomic E-state index is 0.0342. The molecule has 3 atom stereocenters. The molecule has 3 N–H and O–H groups in total. The number of rotatable bonds is 52. The number of aliphatic hydroxyl groups excluding tert-OH is 2. The number of esters is 1. The maximum atomic E-state index is 13.3. The van der Waals surface area contributed by atoms with Crippen molar-refractivity contribution in [2.24, 2.45) is 0 Å². The molecule has 0 rings (SSSR count). The Morgan fingerprint density at radius 3 is 1.20 bits per heavy atom. The third-order valence-electron chi connectivity index (χ3n) is 13.0. The number of unbranched alkanes of at least 4 members (excludes halogenated alkanes) is 26. The summed E-state index contributed by atoms with van der Waals surface area (Å²) in [5.74, 6) is -0.586. The standard InChI is InChI=1S/C63H111NO5/c1-4-7-10-13-16-19-22-25-28-30-31-32-35-38-41-44-47-50-53-56-63(68)69-59(54-51-48-45-42-39-36-34-29-26-23-20-17-14-11-8-5-2)57-62(67)64-60(58-65)61(66)55-52-49-46-43-40-37-33-27-24-21-18-15-12-9-6-3/h7,10,16,19,25,28,31-32,36,38-39,41,47,50,59-61,65-66H,4-6,8-9,11-15,17-18,20-24,26-27,29-30,33-35,37,40,42-46,48-49,51-58H2,1-3H3,(H,64,67)/b10-7-,19-16-,28-25-,32-31-,39-36+,41-38-,50-47-. The number of carbonyl (C=O) groups is 2. The van der Waals surface area contributed by atoms with Crippen molar-refractivity contribution >= 4 is 11.9 Å². The average Bonchev–Trinajstić information content (AvgIpc) is 3.34. The predicted molar refractivity (Wildman–Crippen MR) is 301 cm³/mol. The summed E-state index contributed by atoms with van der Waals surface area (Å²) in [6, 6.07) is -0.726. The summed E-state index contributed by atoms with van der Waals surface area (Å²) < 4.78 is 5.91. The van der Waals surface area contributed by atoms with Gasteiger partial charge in [0, 0.05) is 6.42 Å². The van der Waals surface area contributed by atoms with Crippen molar-refractivity contribution in [3.63, 3.8) is 0 Å². The van der Waals surface area contributed by atoms with Gasteiger partial charge in [0.05, 0.1) is 25.2 Å². The highest BCUT2D eigenvalue weighted by atomic mass is 16.5. The smallest absolute Gasteiger partial charge is 0.306 e. The number of nitrogens with one attached hydrogen (secondary N) is 1. The van der Waals surface area contributed by atoms with Crippen molar-refractivity contribution in [3.8, 4) is 0 Å². The Hall–Kier alpha value is -2.96. The van der Waals surface area contributed by atoms with E-state index in [0.29, 0.717) is 19.3 Å². The fraction of sp³-hybridized carbons (Fsp3) is 0.746. The Bertz CT molecular complexity index is 1310. The third-order valence-corrected chi connectivity index (χ3v) is 13.0. The molecular formula is C63H111NO5. The van der Waals surface area contributed by atoms with Crippen LogP contribution in [0.25, 0.3) is 0 Å². The molecule has 0 spiro atoms. The fourth-order valence-electron chi connectivity index (χ4n) is 8.57. The Balaban J connectivity index is 4.70. The van der Waals surface area contributed by atoms with Crippen LogP contribution < -0.4 is 5.32 Å². The summed E-state index contributed by atoms with van der Waals surface area (Å²) in [7, 11) is 0. The van der Waals surface area contributed by atoms with Crippen LogP contribution in [0.3, 0.4) is 0 Å². The highest BCUT2D eigenvalue weighted by molar-refractivity contribution is 5.77. The largest absolute Gasteiger partial charge is 0.462 e. The lowest BCUT2D eigenvalue weighted by Gasteiger charge is -2.24. The molecule has 0 fully saturated rings. The summed E-state index contributed by atoms with van der Waals surface area (Å²) in [4.78, 5) is 26.3. The molecular weight excluding hydrogens is 851 g/mol. The molecule has 0 aliphatic rings. The molecule has 0 radical (unpaired) electrons. The van der Waals surface area contributed by atoms with E-state index in [-0.39, 0.29) is 31.3 Å². The SMILES string of the molecule is CC/C=C\C/C=C\C/C=C\C/C=C\C/C=C\C/C=C\CCC(=O)OC(CCCCC/C=C/CCCCCCCCCCC)CC(=O)NC(CO)C(O)CCCCCCCCCCCCCCCCC. The second kappa shape index (κ2) is 56.0. The number of ether oxygens (including phenoxy) is 1. The zero-order chi connectivity index (χ0) is 50.2. The van der Waals surface area contributed by atoms with Gasteiger partial charge in [-0.1, -0.05) is 260 Å². The third kappa shape index (κ3) is 51.2. The minimum Gasteiger partial charge on any atom is -0.462 e. The van der Waals surface area contributed by atoms with E-state index in [0.717, 1.165) is 89.9 Å². The van der Waals surface area contributed by atoms with Gasteiger partial charge in [-0.2, -0.15) is 0 Å². The Kier molecular flexibility index (Phi) is 53.6. The van der Waals surface area contributed by atoms with Gasteiger partial charge in [0.1, 0.15) is 6.10 Å². The van der Waals surface area contributed by atoms with Gasteiger partial charge in [-0.15, -0.1) is 0 Å². The van der Waals surface area contributed by atoms with Gasteiger partial charge in [0.2, 0.25) is 5.91 Å². The fourth-order valence-corrected chi connectivity index (χ4v) is 8.57. The van der Waals surface area contributed by atoms with Crippen molar-refractivity contribution in [1.82, 2.24) is 5.32 Å². The summed E-state index contributed by atoms with van der Waals surface area (Å²) in [5, 5.41) is 23.9. The van der Waals surface area contributed by atoms with Crippen LogP contribution in [0.1, 0.15) is 278 Å². The summed E-state index contributed by atoms with van der Waals surface area (Å²) in [6.07, 6.45) is 73.7. The zero-order valence-corrected chi connectivity index (χ0v) is 45.4. The molecule has 0 saturated carbocycles. The minimum atomic E-state index is -0.809. The van der Waals surface area contributed by atoms with Crippen LogP contribution in [0.2, 0.25) is 0 Å². The van der Waals surface area contributed by atoms with E-state index in [1.165, 1.54) is 135 Å². The highest BCUT2D eigenvalue weighted by Crippen LogP contribution is 2.17. The monoisotopic (exact) mass is 962 g/mol. The van der Waals surface area contributed by atoms with Crippen molar-refractivity contribution in [1.29, 1.82) is 0 Å². The lowest BCUT2D eigenvalue weighted by molar-refractivity contribution is -0.150. The molecule has 0 aliphatic heterocycles. The summed E-state index contributed by atoms with van der Waals surface area (Å²) in [5.41, 5.74) is 0. The van der Waals surface area contributed by atoms with E-state index in [4.69, 9.17) is 4.74 Å². The lowest BCUT2D eigenvalue weighted by atomic mass is 10.0. The van der Waals surface area contributed by atoms with E-state index in [2.05, 4.69) is 105 Å². The molecule has 3 unspecified atom stereocenters. The van der Waals surface area contributed by atoms with Gasteiger partial charge in [0.25, 0.3) is 0 Å². The Labute approximate surface area is 427 Å². The van der Waals surface area contributed by atoms with Gasteiger partial charge < -0.3 is 20.3 Å². The molecule has 0 aromatic carbocycles. The second-order valence-corrected chi connectivity index (χ2v) is 19.7. The van der Waals surface area contributed by atoms with Crippen LogP contribution in [-0.4, -0.2) is 46.9 Å². The molecule has 0 saturated heterocycles. The maximum absolute atomic E-state index is 13.3. The van der Waals surface area contributed by atoms with E-state index in [9.17, 15) is 19.8 Å². The van der Waals surface area contributed by atoms with Gasteiger partial charge in [0.15, 0.2) is 0 Å². The Morgan fingerprint density at radius 1 is 0.435 bits per heavy atom. The summed E-state index contributed by atoms with van der Waals surface area (Å²) in [6.45, 7) is 6.37. The molecule has 6 heteroatoms. The number of amides is 1. The number of hydrogen-bond acceptors (Lipinski definition) is 5. The first-order valence-corrected chi connectivity index (χ1v) is 29.3. The first-order chi connectivity index (χ1) is 34.0. The van der Waals surface area contributed by atoms with Crippen LogP contribution in [0.5, 0.6) is 0 Å². The molecule has 0 aromatic heterocycles. The number of carbonyl (C=O) groups excluding carboxylic acids is 2. The first kappa shape index (κ1) is 66.0. The Morgan fingerprint density at radius 2 is 0.783 bits per heavy atom. The van der Waals surface area contributed by atoms with E-state index in [1.54, 1.807) is 0 Å². The zero-order valence-electron chi connectivity index (χ0n) is 45.4. The van der Waals surface area contributed by atoms with Crippen molar-refractivity contribution in [2.45, 2.75) is 296 Å². The summed E-state index contributed by atoms with van der Waals surface area (Å²) >= 11 is 0. The topological polar surface area (TPSA) is 95.9 Å². The normalized spacial score (nSPS) is 13.8. The van der Waals surface area contributed by atoms with Gasteiger partial charge >= 0.3 is 5.97 Å². The second-order valence-electron chi connectivity index (χ2n) is 19.7. The van der Waals surface area contributed by atoms with Crippen LogP contribution in [-0.2, 0) is 14.3 Å². The predicted octanol–water partition coefficient (Wildman–Crippen LogP) is 18.3. The molecule has 0 aromatic rings. The van der Waals surface area contributed by atoms with E-state index < -0.39 is 18.2 Å². The number of aliphatic hydroxyl groups is 2. The average molecular weight is 963 g/mol. The molecule has 1 amide bonds. The molecule has 398 valence electrons. The molecule has 0 bridgehead atoms. The maximum Gasteiger partial charge on any atom is 0.306 e. The number of allylic oxidation sites excluding steroid dienone is 14. The van der Waals surface area contributed by atoms with Crippen LogP contribution >= 0.6 is 0 Å². The van der Waals surface area contributed by atoms with Gasteiger partial charge in [-0.25, -0.2) is 0 Å². The lowest BCUT2D eigenvalue weighted by Crippen LogP contribution is -2.46. The van der Waals surface area contributed by atoms with E-state index >= 15 is 0 Å². The van der Waals surface area contributed by atoms with Crippen molar-refractivity contribution in [2.75, 3.05) is 6.61 Å². The van der Waals surface area contributed by atoms with Crippen LogP contribution in [0, 0.1) is 0 Å². The van der Waals surface area contributed by atoms with Crippen LogP contribution in [0.4, 0.5) is 0 Å². The highest BCUT2D eigenvalue weighted by Gasteiger charge is 2.24. The molecule has 0 aliphatic carbocycles. The van der Waals surface area contributed by atoms with Gasteiger partial charge in [-0.3, -0.25) is 9.59 Å². The molecule has 69 heavy (non-hydrogen) atoms. The van der Waals surface area contributed by atoms with Gasteiger partial charge in [-0.05, 0) is 89.9 Å². The quantitative estimate of drug-likeness (QED) is 0.0321. The van der Waals surface area contributed by atoms with Crippen LogP contribution in [0.15, 0.2) is 85.1 Å². The van der Waals surface area contributed by atoms with Crippen molar-refractivity contribution in [3.05, 3.63) is 85.1 Å². The number of hydrogen-bond donors (Lipinski definition) is 3. The van der Waals surface area contributed by atoms with Crippen molar-refractivity contribution < 1.29 is 24.5 Å². The first-order valence-electron chi connectivity index (χ1n) is 29.3.